The third-order valence-electron chi connectivity index (χ3n) is 6.44. The Hall–Kier alpha value is -4.03. The molecule has 5 aromatic rings. The molecule has 0 aromatic heterocycles. The SMILES string of the molecule is N[C@H](c1ccccc1)[C@H](NS(=O)(=O)c1c(-c2ccccc2)cccc1-c1ccccc1)c1ccccc1. The Kier molecular flexibility index (Phi) is 7.28. The molecule has 0 unspecified atom stereocenters. The van der Waals surface area contributed by atoms with Gasteiger partial charge in [0.05, 0.1) is 17.0 Å². The summed E-state index contributed by atoms with van der Waals surface area (Å²) < 4.78 is 31.7. The average Bonchev–Trinajstić information content (AvgIpc) is 2.97. The minimum absolute atomic E-state index is 0.230. The topological polar surface area (TPSA) is 72.2 Å². The second kappa shape index (κ2) is 10.9. The standard InChI is InChI=1S/C32H28N2O2S/c33-30(26-18-9-3-10-19-26)31(27-20-11-4-12-21-27)34-37(35,36)32-28(24-14-5-1-6-15-24)22-13-23-29(32)25-16-7-2-8-17-25/h1-23,30-31,34H,33H2/t30-,31-/m1/s1. The summed E-state index contributed by atoms with van der Waals surface area (Å²) in [6, 6.07) is 42.5. The number of hydrogen-bond donors (Lipinski definition) is 2. The van der Waals surface area contributed by atoms with Gasteiger partial charge in [-0.1, -0.05) is 140 Å². The van der Waals surface area contributed by atoms with Crippen LogP contribution in [0.15, 0.2) is 144 Å². The third kappa shape index (κ3) is 5.39. The van der Waals surface area contributed by atoms with Crippen LogP contribution in [0.3, 0.4) is 0 Å². The van der Waals surface area contributed by atoms with E-state index in [0.29, 0.717) is 11.1 Å². The maximum Gasteiger partial charge on any atom is 0.242 e. The highest BCUT2D eigenvalue weighted by atomic mass is 32.2. The number of nitrogens with one attached hydrogen (secondary N) is 1. The molecule has 0 heterocycles. The van der Waals surface area contributed by atoms with Gasteiger partial charge in [0, 0.05) is 11.1 Å². The van der Waals surface area contributed by atoms with E-state index < -0.39 is 22.1 Å². The van der Waals surface area contributed by atoms with Crippen LogP contribution >= 0.6 is 0 Å². The summed E-state index contributed by atoms with van der Waals surface area (Å²) in [6.07, 6.45) is 0. The zero-order valence-electron chi connectivity index (χ0n) is 20.2. The van der Waals surface area contributed by atoms with Crippen molar-refractivity contribution < 1.29 is 8.42 Å². The van der Waals surface area contributed by atoms with Gasteiger partial charge < -0.3 is 5.73 Å². The second-order valence-electron chi connectivity index (χ2n) is 8.86. The summed E-state index contributed by atoms with van der Waals surface area (Å²) in [4.78, 5) is 0.230. The van der Waals surface area contributed by atoms with Crippen molar-refractivity contribution in [2.75, 3.05) is 0 Å². The van der Waals surface area contributed by atoms with Crippen LogP contribution in [0, 0.1) is 0 Å². The predicted molar refractivity (Wildman–Crippen MR) is 150 cm³/mol. The van der Waals surface area contributed by atoms with Gasteiger partial charge in [-0.2, -0.15) is 0 Å². The van der Waals surface area contributed by atoms with Crippen molar-refractivity contribution in [3.05, 3.63) is 151 Å². The third-order valence-corrected chi connectivity index (χ3v) is 7.98. The fourth-order valence-corrected chi connectivity index (χ4v) is 6.31. The van der Waals surface area contributed by atoms with Crippen molar-refractivity contribution in [1.82, 2.24) is 4.72 Å². The molecule has 2 atom stereocenters. The summed E-state index contributed by atoms with van der Waals surface area (Å²) in [5.41, 5.74) is 11.3. The number of benzene rings is 5. The first-order chi connectivity index (χ1) is 18.0. The lowest BCUT2D eigenvalue weighted by atomic mass is 9.95. The smallest absolute Gasteiger partial charge is 0.242 e. The molecule has 37 heavy (non-hydrogen) atoms. The maximum atomic E-state index is 14.4. The van der Waals surface area contributed by atoms with Crippen molar-refractivity contribution in [2.24, 2.45) is 5.73 Å². The normalized spacial score (nSPS) is 13.1. The van der Waals surface area contributed by atoms with E-state index in [2.05, 4.69) is 4.72 Å². The number of rotatable bonds is 8. The zero-order valence-corrected chi connectivity index (χ0v) is 21.1. The zero-order chi connectivity index (χ0) is 25.7. The van der Waals surface area contributed by atoms with Gasteiger partial charge in [0.2, 0.25) is 10.0 Å². The van der Waals surface area contributed by atoms with Crippen LogP contribution < -0.4 is 10.5 Å². The van der Waals surface area contributed by atoms with Gasteiger partial charge in [-0.05, 0) is 22.3 Å². The van der Waals surface area contributed by atoms with Gasteiger partial charge in [-0.15, -0.1) is 0 Å². The van der Waals surface area contributed by atoms with Crippen molar-refractivity contribution in [1.29, 1.82) is 0 Å². The molecule has 0 bridgehead atoms. The van der Waals surface area contributed by atoms with Gasteiger partial charge in [0.25, 0.3) is 0 Å². The Balaban J connectivity index is 1.67. The van der Waals surface area contributed by atoms with Crippen molar-refractivity contribution in [3.8, 4) is 22.3 Å². The Bertz CT molecular complexity index is 1500. The van der Waals surface area contributed by atoms with Crippen molar-refractivity contribution in [2.45, 2.75) is 17.0 Å². The predicted octanol–water partition coefficient (Wildman–Crippen LogP) is 6.74. The van der Waals surface area contributed by atoms with Crippen LogP contribution in [-0.2, 0) is 10.0 Å². The monoisotopic (exact) mass is 504 g/mol. The molecule has 0 radical (unpaired) electrons. The number of hydrogen-bond acceptors (Lipinski definition) is 3. The van der Waals surface area contributed by atoms with E-state index in [1.54, 1.807) is 0 Å². The molecule has 0 aliphatic carbocycles. The Labute approximate surface area is 218 Å². The quantitative estimate of drug-likeness (QED) is 0.246. The molecule has 0 aliphatic heterocycles. The summed E-state index contributed by atoms with van der Waals surface area (Å²) in [5, 5.41) is 0. The van der Waals surface area contributed by atoms with Gasteiger partial charge >= 0.3 is 0 Å². The summed E-state index contributed by atoms with van der Waals surface area (Å²) in [7, 11) is -4.05. The molecule has 4 nitrogen and oxygen atoms in total. The molecule has 184 valence electrons. The van der Waals surface area contributed by atoms with Gasteiger partial charge in [0.15, 0.2) is 0 Å². The largest absolute Gasteiger partial charge is 0.322 e. The van der Waals surface area contributed by atoms with Crippen LogP contribution in [0.5, 0.6) is 0 Å². The summed E-state index contributed by atoms with van der Waals surface area (Å²) >= 11 is 0. The molecule has 0 saturated heterocycles. The average molecular weight is 505 g/mol. The minimum atomic E-state index is -4.05. The van der Waals surface area contributed by atoms with Crippen LogP contribution in [0.25, 0.3) is 22.3 Å². The summed E-state index contributed by atoms with van der Waals surface area (Å²) in [5.74, 6) is 0. The Morgan fingerprint density at radius 1 is 0.514 bits per heavy atom. The fraction of sp³-hybridized carbons (Fsp3) is 0.0625. The second-order valence-corrected chi connectivity index (χ2v) is 10.5. The first-order valence-electron chi connectivity index (χ1n) is 12.2. The molecule has 0 fully saturated rings. The first kappa shape index (κ1) is 24.7. The molecular weight excluding hydrogens is 476 g/mol. The molecule has 0 saturated carbocycles. The van der Waals surface area contributed by atoms with Crippen molar-refractivity contribution >= 4 is 10.0 Å². The number of sulfonamides is 1. The van der Waals surface area contributed by atoms with Crippen LogP contribution in [0.4, 0.5) is 0 Å². The first-order valence-corrected chi connectivity index (χ1v) is 13.6. The van der Waals surface area contributed by atoms with Gasteiger partial charge in [0.1, 0.15) is 0 Å². The van der Waals surface area contributed by atoms with E-state index in [4.69, 9.17) is 5.73 Å². The molecule has 5 aromatic carbocycles. The van der Waals surface area contributed by atoms with E-state index in [1.807, 2.05) is 140 Å². The molecule has 3 N–H and O–H groups in total. The lowest BCUT2D eigenvalue weighted by Gasteiger charge is -2.27. The minimum Gasteiger partial charge on any atom is -0.322 e. The van der Waals surface area contributed by atoms with Crippen LogP contribution in [0.2, 0.25) is 0 Å². The highest BCUT2D eigenvalue weighted by molar-refractivity contribution is 7.89. The summed E-state index contributed by atoms with van der Waals surface area (Å²) in [6.45, 7) is 0. The van der Waals surface area contributed by atoms with E-state index in [0.717, 1.165) is 22.3 Å². The van der Waals surface area contributed by atoms with E-state index in [-0.39, 0.29) is 4.90 Å². The van der Waals surface area contributed by atoms with Crippen LogP contribution in [-0.4, -0.2) is 8.42 Å². The molecule has 0 amide bonds. The van der Waals surface area contributed by atoms with E-state index >= 15 is 0 Å². The molecule has 0 aliphatic rings. The lowest BCUT2D eigenvalue weighted by Crippen LogP contribution is -2.36. The molecular formula is C32H28N2O2S. The molecule has 5 heteroatoms. The fourth-order valence-electron chi connectivity index (χ4n) is 4.62. The van der Waals surface area contributed by atoms with Gasteiger partial charge in [-0.3, -0.25) is 0 Å². The van der Waals surface area contributed by atoms with E-state index in [1.165, 1.54) is 0 Å². The van der Waals surface area contributed by atoms with Crippen molar-refractivity contribution in [3.63, 3.8) is 0 Å². The maximum absolute atomic E-state index is 14.4. The highest BCUT2D eigenvalue weighted by Crippen LogP contribution is 2.37. The number of nitrogens with two attached hydrogens (primary N) is 1. The Morgan fingerprint density at radius 3 is 1.38 bits per heavy atom. The highest BCUT2D eigenvalue weighted by Gasteiger charge is 2.31. The van der Waals surface area contributed by atoms with Gasteiger partial charge in [-0.25, -0.2) is 13.1 Å². The molecule has 5 rings (SSSR count). The Morgan fingerprint density at radius 2 is 0.919 bits per heavy atom. The van der Waals surface area contributed by atoms with E-state index in [9.17, 15) is 8.42 Å². The van der Waals surface area contributed by atoms with Crippen LogP contribution in [0.1, 0.15) is 23.2 Å². The lowest BCUT2D eigenvalue weighted by molar-refractivity contribution is 0.504. The molecule has 0 spiro atoms.